The molecule has 0 saturated heterocycles. The van der Waals surface area contributed by atoms with Gasteiger partial charge in [0.15, 0.2) is 0 Å². The van der Waals surface area contributed by atoms with Gasteiger partial charge in [0.2, 0.25) is 5.16 Å². The predicted octanol–water partition coefficient (Wildman–Crippen LogP) is 2.10. The number of aryl methyl sites for hydroxylation is 3. The Bertz CT molecular complexity index is 590. The Balaban J connectivity index is 1.88. The molecule has 1 heterocycles. The van der Waals surface area contributed by atoms with E-state index in [1.165, 1.54) is 0 Å². The molecule has 1 atom stereocenters. The van der Waals surface area contributed by atoms with Crippen molar-refractivity contribution in [2.75, 3.05) is 12.9 Å². The van der Waals surface area contributed by atoms with E-state index in [2.05, 4.69) is 10.2 Å². The van der Waals surface area contributed by atoms with Crippen LogP contribution in [0.15, 0.2) is 29.7 Å². The van der Waals surface area contributed by atoms with E-state index in [1.807, 2.05) is 36.6 Å². The molecule has 0 N–H and O–H groups in total. The van der Waals surface area contributed by atoms with Gasteiger partial charge in [0.1, 0.15) is 12.1 Å². The van der Waals surface area contributed by atoms with Crippen LogP contribution in [0.4, 0.5) is 0 Å². The van der Waals surface area contributed by atoms with Crippen molar-refractivity contribution in [2.24, 2.45) is 0 Å². The molecule has 0 aliphatic carbocycles. The van der Waals surface area contributed by atoms with Crippen LogP contribution in [-0.2, 0) is 17.3 Å². The van der Waals surface area contributed by atoms with Crippen LogP contribution in [0.3, 0.4) is 0 Å². The Morgan fingerprint density at radius 3 is 2.65 bits per heavy atom. The summed E-state index contributed by atoms with van der Waals surface area (Å²) >= 11 is 0. The average Bonchev–Trinajstić information content (AvgIpc) is 2.86. The van der Waals surface area contributed by atoms with Gasteiger partial charge in [-0.25, -0.2) is 0 Å². The summed E-state index contributed by atoms with van der Waals surface area (Å²) in [4.78, 5) is 0. The standard InChI is InChI=1S/C14H19N3O2S/c1-11-6-4-7-12(2)13(11)19-9-5-8-17-10-15-16-14(17)20(3)18/h4,6-7,10H,5,8-9H2,1-3H3/t20-/m0/s1. The van der Waals surface area contributed by atoms with Gasteiger partial charge in [-0.3, -0.25) is 4.21 Å². The molecule has 1 aromatic carbocycles. The minimum absolute atomic E-state index is 0.511. The fourth-order valence-corrected chi connectivity index (χ4v) is 2.69. The zero-order valence-corrected chi connectivity index (χ0v) is 12.8. The Hall–Kier alpha value is -1.69. The highest BCUT2D eigenvalue weighted by Gasteiger charge is 2.08. The van der Waals surface area contributed by atoms with Gasteiger partial charge in [-0.05, 0) is 31.4 Å². The first-order valence-corrected chi connectivity index (χ1v) is 8.05. The van der Waals surface area contributed by atoms with Crippen molar-refractivity contribution >= 4 is 10.8 Å². The fraction of sp³-hybridized carbons (Fsp3) is 0.429. The Morgan fingerprint density at radius 2 is 2.00 bits per heavy atom. The second-order valence-electron chi connectivity index (χ2n) is 4.68. The van der Waals surface area contributed by atoms with Crippen LogP contribution >= 0.6 is 0 Å². The predicted molar refractivity (Wildman–Crippen MR) is 78.4 cm³/mol. The monoisotopic (exact) mass is 293 g/mol. The summed E-state index contributed by atoms with van der Waals surface area (Å²) in [6.45, 7) is 5.40. The lowest BCUT2D eigenvalue weighted by atomic mass is 10.1. The molecule has 108 valence electrons. The molecule has 2 aromatic rings. The molecule has 2 rings (SSSR count). The summed E-state index contributed by atoms with van der Waals surface area (Å²) in [5.41, 5.74) is 2.29. The van der Waals surface area contributed by atoms with Gasteiger partial charge < -0.3 is 9.30 Å². The quantitative estimate of drug-likeness (QED) is 0.765. The van der Waals surface area contributed by atoms with Gasteiger partial charge in [0, 0.05) is 12.8 Å². The van der Waals surface area contributed by atoms with Crippen LogP contribution in [0.1, 0.15) is 17.5 Å². The zero-order valence-electron chi connectivity index (χ0n) is 12.0. The summed E-state index contributed by atoms with van der Waals surface area (Å²) in [6.07, 6.45) is 4.03. The van der Waals surface area contributed by atoms with E-state index in [1.54, 1.807) is 12.6 Å². The number of benzene rings is 1. The molecule has 1 aromatic heterocycles. The zero-order chi connectivity index (χ0) is 14.5. The first-order chi connectivity index (χ1) is 9.59. The summed E-state index contributed by atoms with van der Waals surface area (Å²) in [6, 6.07) is 6.11. The number of hydrogen-bond acceptors (Lipinski definition) is 4. The highest BCUT2D eigenvalue weighted by molar-refractivity contribution is 7.84. The molecular formula is C14H19N3O2S. The van der Waals surface area contributed by atoms with E-state index in [-0.39, 0.29) is 0 Å². The fourth-order valence-electron chi connectivity index (χ4n) is 2.06. The molecule has 0 radical (unpaired) electrons. The van der Waals surface area contributed by atoms with Crippen LogP contribution in [0.5, 0.6) is 5.75 Å². The number of hydrogen-bond donors (Lipinski definition) is 0. The third-order valence-electron chi connectivity index (χ3n) is 3.04. The van der Waals surface area contributed by atoms with E-state index in [0.717, 1.165) is 23.3 Å². The molecule has 0 spiro atoms. The number of aromatic nitrogens is 3. The Labute approximate surface area is 121 Å². The van der Waals surface area contributed by atoms with Gasteiger partial charge >= 0.3 is 0 Å². The lowest BCUT2D eigenvalue weighted by Gasteiger charge is -2.12. The normalized spacial score (nSPS) is 12.3. The van der Waals surface area contributed by atoms with Crippen LogP contribution in [0, 0.1) is 13.8 Å². The van der Waals surface area contributed by atoms with Gasteiger partial charge in [-0.1, -0.05) is 18.2 Å². The summed E-state index contributed by atoms with van der Waals surface area (Å²) in [5, 5.41) is 8.15. The molecule has 0 amide bonds. The third-order valence-corrected chi connectivity index (χ3v) is 3.87. The van der Waals surface area contributed by atoms with E-state index < -0.39 is 10.8 Å². The number of para-hydroxylation sites is 1. The molecule has 0 saturated carbocycles. The van der Waals surface area contributed by atoms with Crippen LogP contribution < -0.4 is 4.74 Å². The Kier molecular flexibility index (Phi) is 4.89. The second-order valence-corrected chi connectivity index (χ2v) is 5.96. The summed E-state index contributed by atoms with van der Waals surface area (Å²) in [5.74, 6) is 0.954. The van der Waals surface area contributed by atoms with Crippen molar-refractivity contribution in [1.82, 2.24) is 14.8 Å². The average molecular weight is 293 g/mol. The van der Waals surface area contributed by atoms with Crippen LogP contribution in [0.2, 0.25) is 0 Å². The van der Waals surface area contributed by atoms with E-state index >= 15 is 0 Å². The second kappa shape index (κ2) is 6.65. The SMILES string of the molecule is Cc1cccc(C)c1OCCCn1cnnc1[S@](C)=O. The number of nitrogens with zero attached hydrogens (tertiary/aromatic N) is 3. The molecule has 0 fully saturated rings. The highest BCUT2D eigenvalue weighted by atomic mass is 32.2. The van der Waals surface area contributed by atoms with E-state index in [4.69, 9.17) is 4.74 Å². The van der Waals surface area contributed by atoms with E-state index in [0.29, 0.717) is 18.3 Å². The van der Waals surface area contributed by atoms with E-state index in [9.17, 15) is 4.21 Å². The topological polar surface area (TPSA) is 57.0 Å². The molecule has 5 nitrogen and oxygen atoms in total. The largest absolute Gasteiger partial charge is 0.493 e. The third kappa shape index (κ3) is 3.45. The maximum Gasteiger partial charge on any atom is 0.221 e. The maximum atomic E-state index is 11.4. The first kappa shape index (κ1) is 14.7. The summed E-state index contributed by atoms with van der Waals surface area (Å²) < 4.78 is 19.1. The molecule has 6 heteroatoms. The first-order valence-electron chi connectivity index (χ1n) is 6.50. The number of ether oxygens (including phenoxy) is 1. The highest BCUT2D eigenvalue weighted by Crippen LogP contribution is 2.22. The molecular weight excluding hydrogens is 274 g/mol. The minimum atomic E-state index is -1.11. The van der Waals surface area contributed by atoms with Crippen LogP contribution in [0.25, 0.3) is 0 Å². The molecule has 0 aliphatic rings. The number of rotatable bonds is 6. The van der Waals surface area contributed by atoms with Gasteiger partial charge in [0.05, 0.1) is 17.4 Å². The Morgan fingerprint density at radius 1 is 1.30 bits per heavy atom. The molecule has 0 bridgehead atoms. The van der Waals surface area contributed by atoms with Crippen molar-refractivity contribution in [3.8, 4) is 5.75 Å². The van der Waals surface area contributed by atoms with Crippen LogP contribution in [-0.4, -0.2) is 31.8 Å². The van der Waals surface area contributed by atoms with Gasteiger partial charge in [-0.15, -0.1) is 10.2 Å². The smallest absolute Gasteiger partial charge is 0.221 e. The minimum Gasteiger partial charge on any atom is -0.493 e. The molecule has 20 heavy (non-hydrogen) atoms. The summed E-state index contributed by atoms with van der Waals surface area (Å²) in [7, 11) is -1.11. The van der Waals surface area contributed by atoms with Crippen molar-refractivity contribution in [2.45, 2.75) is 32.0 Å². The van der Waals surface area contributed by atoms with Crippen molar-refractivity contribution in [3.63, 3.8) is 0 Å². The van der Waals surface area contributed by atoms with Crippen molar-refractivity contribution < 1.29 is 8.95 Å². The molecule has 0 unspecified atom stereocenters. The molecule has 0 aliphatic heterocycles. The van der Waals surface area contributed by atoms with Gasteiger partial charge in [0.25, 0.3) is 0 Å². The lowest BCUT2D eigenvalue weighted by molar-refractivity contribution is 0.296. The maximum absolute atomic E-state index is 11.4. The lowest BCUT2D eigenvalue weighted by Crippen LogP contribution is -2.08. The van der Waals surface area contributed by atoms with Gasteiger partial charge in [-0.2, -0.15) is 0 Å². The van der Waals surface area contributed by atoms with Crippen molar-refractivity contribution in [1.29, 1.82) is 0 Å². The van der Waals surface area contributed by atoms with Crippen molar-refractivity contribution in [3.05, 3.63) is 35.7 Å².